The van der Waals surface area contributed by atoms with Gasteiger partial charge in [-0.2, -0.15) is 5.10 Å². The maximum atomic E-state index is 13.1. The molecule has 0 radical (unpaired) electrons. The van der Waals surface area contributed by atoms with Crippen LogP contribution in [0.1, 0.15) is 40.7 Å². The minimum atomic E-state index is -0.299. The molecule has 3 aromatic rings. The van der Waals surface area contributed by atoms with E-state index in [0.29, 0.717) is 17.7 Å². The predicted octanol–water partition coefficient (Wildman–Crippen LogP) is 4.78. The van der Waals surface area contributed by atoms with E-state index in [1.165, 1.54) is 12.1 Å². The molecule has 0 bridgehead atoms. The molecule has 2 aromatic carbocycles. The third kappa shape index (κ3) is 3.97. The van der Waals surface area contributed by atoms with Crippen molar-refractivity contribution in [3.63, 3.8) is 0 Å². The smallest absolute Gasteiger partial charge is 0.273 e. The van der Waals surface area contributed by atoms with Gasteiger partial charge in [0.05, 0.1) is 11.3 Å². The molecule has 0 unspecified atom stereocenters. The average Bonchev–Trinajstić information content (AvgIpc) is 2.98. The molecule has 0 aliphatic rings. The van der Waals surface area contributed by atoms with Crippen LogP contribution in [0.25, 0.3) is 5.69 Å². The fourth-order valence-corrected chi connectivity index (χ4v) is 3.14. The van der Waals surface area contributed by atoms with Crippen molar-refractivity contribution in [2.75, 3.05) is 0 Å². The zero-order valence-electron chi connectivity index (χ0n) is 15.7. The third-order valence-electron chi connectivity index (χ3n) is 4.49. The summed E-state index contributed by atoms with van der Waals surface area (Å²) < 4.78 is 15.1. The van der Waals surface area contributed by atoms with Crippen LogP contribution < -0.4 is 5.43 Å². The monoisotopic (exact) mass is 363 g/mol. The van der Waals surface area contributed by atoms with Crippen LogP contribution in [0.5, 0.6) is 0 Å². The van der Waals surface area contributed by atoms with Gasteiger partial charge in [0.15, 0.2) is 0 Å². The van der Waals surface area contributed by atoms with Crippen molar-refractivity contribution in [2.24, 2.45) is 5.10 Å². The SMILES string of the molecule is CC/C(=N/NC(=O)c1cc(C)n(-c2ccccc2)c1C)c1ccc(F)cc1. The van der Waals surface area contributed by atoms with Gasteiger partial charge in [-0.25, -0.2) is 9.82 Å². The second kappa shape index (κ2) is 7.99. The van der Waals surface area contributed by atoms with E-state index < -0.39 is 0 Å². The van der Waals surface area contributed by atoms with Crippen LogP contribution >= 0.6 is 0 Å². The molecule has 0 saturated heterocycles. The molecular formula is C22H22FN3O. The van der Waals surface area contributed by atoms with Crippen molar-refractivity contribution in [1.82, 2.24) is 9.99 Å². The van der Waals surface area contributed by atoms with Crippen molar-refractivity contribution in [3.8, 4) is 5.69 Å². The van der Waals surface area contributed by atoms with E-state index >= 15 is 0 Å². The molecule has 1 heterocycles. The van der Waals surface area contributed by atoms with Crippen molar-refractivity contribution in [1.29, 1.82) is 0 Å². The number of nitrogens with one attached hydrogen (secondary N) is 1. The number of rotatable bonds is 5. The van der Waals surface area contributed by atoms with Gasteiger partial charge in [-0.1, -0.05) is 37.3 Å². The molecule has 0 fully saturated rings. The van der Waals surface area contributed by atoms with Crippen LogP contribution in [0, 0.1) is 19.7 Å². The summed E-state index contributed by atoms with van der Waals surface area (Å²) in [5, 5.41) is 4.26. The van der Waals surface area contributed by atoms with E-state index in [1.807, 2.05) is 61.7 Å². The topological polar surface area (TPSA) is 46.4 Å². The number of hydrogen-bond donors (Lipinski definition) is 1. The number of aryl methyl sites for hydroxylation is 1. The number of hydrogen-bond acceptors (Lipinski definition) is 2. The minimum absolute atomic E-state index is 0.265. The van der Waals surface area contributed by atoms with E-state index in [4.69, 9.17) is 0 Å². The molecule has 0 saturated carbocycles. The van der Waals surface area contributed by atoms with Gasteiger partial charge in [-0.05, 0) is 56.2 Å². The van der Waals surface area contributed by atoms with E-state index in [9.17, 15) is 9.18 Å². The molecule has 0 atom stereocenters. The normalized spacial score (nSPS) is 11.5. The van der Waals surface area contributed by atoms with Crippen molar-refractivity contribution >= 4 is 11.6 Å². The first-order valence-electron chi connectivity index (χ1n) is 8.88. The molecule has 1 amide bonds. The highest BCUT2D eigenvalue weighted by atomic mass is 19.1. The molecular weight excluding hydrogens is 341 g/mol. The molecule has 1 N–H and O–H groups in total. The highest BCUT2D eigenvalue weighted by molar-refractivity contribution is 6.02. The van der Waals surface area contributed by atoms with Crippen LogP contribution in [0.3, 0.4) is 0 Å². The Hall–Kier alpha value is -3.21. The van der Waals surface area contributed by atoms with E-state index in [-0.39, 0.29) is 11.7 Å². The molecule has 4 nitrogen and oxygen atoms in total. The van der Waals surface area contributed by atoms with Crippen LogP contribution in [-0.2, 0) is 0 Å². The summed E-state index contributed by atoms with van der Waals surface area (Å²) in [6.45, 7) is 5.82. The second-order valence-corrected chi connectivity index (χ2v) is 6.32. The van der Waals surface area contributed by atoms with Crippen LogP contribution in [0.15, 0.2) is 65.8 Å². The molecule has 0 aliphatic heterocycles. The van der Waals surface area contributed by atoms with Gasteiger partial charge in [-0.3, -0.25) is 4.79 Å². The molecule has 0 aliphatic carbocycles. The fourth-order valence-electron chi connectivity index (χ4n) is 3.14. The van der Waals surface area contributed by atoms with Crippen LogP contribution in [0.2, 0.25) is 0 Å². The summed E-state index contributed by atoms with van der Waals surface area (Å²) in [6, 6.07) is 17.8. The number of aromatic nitrogens is 1. The molecule has 5 heteroatoms. The fraction of sp³-hybridized carbons (Fsp3) is 0.182. The Morgan fingerprint density at radius 2 is 1.74 bits per heavy atom. The Morgan fingerprint density at radius 3 is 2.37 bits per heavy atom. The molecule has 27 heavy (non-hydrogen) atoms. The number of amides is 1. The van der Waals surface area contributed by atoms with Crippen molar-refractivity contribution in [2.45, 2.75) is 27.2 Å². The van der Waals surface area contributed by atoms with Gasteiger partial charge >= 0.3 is 0 Å². The van der Waals surface area contributed by atoms with E-state index in [1.54, 1.807) is 12.1 Å². The Kier molecular flexibility index (Phi) is 5.50. The highest BCUT2D eigenvalue weighted by Gasteiger charge is 2.16. The predicted molar refractivity (Wildman–Crippen MR) is 106 cm³/mol. The van der Waals surface area contributed by atoms with Crippen molar-refractivity contribution in [3.05, 3.63) is 89.0 Å². The lowest BCUT2D eigenvalue weighted by Gasteiger charge is -2.09. The summed E-state index contributed by atoms with van der Waals surface area (Å²) in [6.07, 6.45) is 0.620. The minimum Gasteiger partial charge on any atom is -0.318 e. The summed E-state index contributed by atoms with van der Waals surface area (Å²) >= 11 is 0. The Bertz CT molecular complexity index is 973. The number of para-hydroxylation sites is 1. The first-order valence-corrected chi connectivity index (χ1v) is 8.88. The lowest BCUT2D eigenvalue weighted by atomic mass is 10.1. The van der Waals surface area contributed by atoms with Gasteiger partial charge in [0.25, 0.3) is 5.91 Å². The lowest BCUT2D eigenvalue weighted by Crippen LogP contribution is -2.20. The number of hydrazone groups is 1. The maximum Gasteiger partial charge on any atom is 0.273 e. The molecule has 3 rings (SSSR count). The molecule has 1 aromatic heterocycles. The lowest BCUT2D eigenvalue weighted by molar-refractivity contribution is 0.0954. The Morgan fingerprint density at radius 1 is 1.07 bits per heavy atom. The number of nitrogens with zero attached hydrogens (tertiary/aromatic N) is 2. The summed E-state index contributed by atoms with van der Waals surface area (Å²) in [5.41, 5.74) is 7.53. The summed E-state index contributed by atoms with van der Waals surface area (Å²) in [7, 11) is 0. The van der Waals surface area contributed by atoms with E-state index in [0.717, 1.165) is 22.6 Å². The number of halogens is 1. The number of carbonyl (C=O) groups is 1. The highest BCUT2D eigenvalue weighted by Crippen LogP contribution is 2.20. The number of benzene rings is 2. The van der Waals surface area contributed by atoms with Crippen LogP contribution in [-0.4, -0.2) is 16.2 Å². The summed E-state index contributed by atoms with van der Waals surface area (Å²) in [5.74, 6) is -0.565. The standard InChI is InChI=1S/C22H22FN3O/c1-4-21(17-10-12-18(23)13-11-17)24-25-22(27)20-14-15(2)26(16(20)3)19-8-6-5-7-9-19/h5-14H,4H2,1-3H3,(H,25,27)/b24-21-. The second-order valence-electron chi connectivity index (χ2n) is 6.32. The third-order valence-corrected chi connectivity index (χ3v) is 4.49. The van der Waals surface area contributed by atoms with Gasteiger partial charge in [-0.15, -0.1) is 0 Å². The number of carbonyl (C=O) groups excluding carboxylic acids is 1. The average molecular weight is 363 g/mol. The Balaban J connectivity index is 1.85. The maximum absolute atomic E-state index is 13.1. The van der Waals surface area contributed by atoms with E-state index in [2.05, 4.69) is 10.5 Å². The van der Waals surface area contributed by atoms with Crippen LogP contribution in [0.4, 0.5) is 4.39 Å². The van der Waals surface area contributed by atoms with Crippen molar-refractivity contribution < 1.29 is 9.18 Å². The van der Waals surface area contributed by atoms with Gasteiger partial charge in [0, 0.05) is 17.1 Å². The summed E-state index contributed by atoms with van der Waals surface area (Å²) in [4.78, 5) is 12.7. The largest absolute Gasteiger partial charge is 0.318 e. The zero-order chi connectivity index (χ0) is 19.4. The van der Waals surface area contributed by atoms with Gasteiger partial charge in [0.1, 0.15) is 5.82 Å². The Labute approximate surface area is 158 Å². The first kappa shape index (κ1) is 18.6. The molecule has 138 valence electrons. The molecule has 0 spiro atoms. The zero-order valence-corrected chi connectivity index (χ0v) is 15.7. The van der Waals surface area contributed by atoms with Gasteiger partial charge in [0.2, 0.25) is 0 Å². The van der Waals surface area contributed by atoms with Gasteiger partial charge < -0.3 is 4.57 Å². The quantitative estimate of drug-likeness (QED) is 0.515. The first-order chi connectivity index (χ1) is 13.0.